The van der Waals surface area contributed by atoms with Gasteiger partial charge in [-0.25, -0.2) is 9.97 Å². The first-order chi connectivity index (χ1) is 9.60. The van der Waals surface area contributed by atoms with Crippen LogP contribution < -0.4 is 10.6 Å². The normalized spacial score (nSPS) is 22.9. The van der Waals surface area contributed by atoms with Crippen molar-refractivity contribution in [1.82, 2.24) is 14.9 Å². The van der Waals surface area contributed by atoms with Gasteiger partial charge in [0.15, 0.2) is 11.0 Å². The number of halogens is 1. The molecule has 2 N–H and O–H groups in total. The van der Waals surface area contributed by atoms with Crippen molar-refractivity contribution in [3.8, 4) is 0 Å². The van der Waals surface area contributed by atoms with Crippen molar-refractivity contribution < 1.29 is 0 Å². The van der Waals surface area contributed by atoms with Crippen LogP contribution in [0.25, 0.3) is 0 Å². The number of hydrogen-bond donors (Lipinski definition) is 2. The summed E-state index contributed by atoms with van der Waals surface area (Å²) < 4.78 is 0. The molecule has 1 aliphatic rings. The van der Waals surface area contributed by atoms with Crippen LogP contribution in [-0.4, -0.2) is 48.6 Å². The molecular weight excluding hydrogens is 274 g/mol. The highest BCUT2D eigenvalue weighted by Gasteiger charge is 2.22. The SMILES string of the molecule is CNc1c(Cl)ncnc1NC1CCC(CN(C)C)CC1. The zero-order chi connectivity index (χ0) is 14.5. The summed E-state index contributed by atoms with van der Waals surface area (Å²) in [6.07, 6.45) is 6.41. The molecule has 1 aliphatic carbocycles. The van der Waals surface area contributed by atoms with Gasteiger partial charge in [0.2, 0.25) is 0 Å². The monoisotopic (exact) mass is 297 g/mol. The average Bonchev–Trinajstić information content (AvgIpc) is 2.41. The van der Waals surface area contributed by atoms with Crippen molar-refractivity contribution in [2.75, 3.05) is 38.3 Å². The molecule has 1 saturated carbocycles. The first kappa shape index (κ1) is 15.3. The molecule has 1 heterocycles. The highest BCUT2D eigenvalue weighted by atomic mass is 35.5. The van der Waals surface area contributed by atoms with Gasteiger partial charge >= 0.3 is 0 Å². The van der Waals surface area contributed by atoms with Crippen LogP contribution in [0.4, 0.5) is 11.5 Å². The minimum absolute atomic E-state index is 0.464. The molecule has 0 unspecified atom stereocenters. The van der Waals surface area contributed by atoms with Crippen molar-refractivity contribution in [3.05, 3.63) is 11.5 Å². The molecule has 6 heteroatoms. The third-order valence-electron chi connectivity index (χ3n) is 3.86. The molecule has 0 aliphatic heterocycles. The van der Waals surface area contributed by atoms with Gasteiger partial charge in [0.25, 0.3) is 0 Å². The van der Waals surface area contributed by atoms with Crippen LogP contribution in [0.5, 0.6) is 0 Å². The van der Waals surface area contributed by atoms with Gasteiger partial charge in [-0.3, -0.25) is 0 Å². The zero-order valence-electron chi connectivity index (χ0n) is 12.5. The quantitative estimate of drug-likeness (QED) is 0.819. The minimum Gasteiger partial charge on any atom is -0.383 e. The lowest BCUT2D eigenvalue weighted by molar-refractivity contribution is 0.255. The van der Waals surface area contributed by atoms with Crippen LogP contribution in [0.2, 0.25) is 5.15 Å². The van der Waals surface area contributed by atoms with Crippen molar-refractivity contribution in [1.29, 1.82) is 0 Å². The summed E-state index contributed by atoms with van der Waals surface area (Å²) in [5.41, 5.74) is 0.782. The van der Waals surface area contributed by atoms with E-state index < -0.39 is 0 Å². The molecule has 1 aromatic heterocycles. The van der Waals surface area contributed by atoms with E-state index in [0.29, 0.717) is 11.2 Å². The fraction of sp³-hybridized carbons (Fsp3) is 0.714. The molecule has 0 atom stereocenters. The Kier molecular flexibility index (Phi) is 5.43. The Balaban J connectivity index is 1.91. The third-order valence-corrected chi connectivity index (χ3v) is 4.15. The maximum atomic E-state index is 6.07. The molecule has 112 valence electrons. The Morgan fingerprint density at radius 1 is 1.25 bits per heavy atom. The molecule has 0 spiro atoms. The first-order valence-corrected chi connectivity index (χ1v) is 7.57. The summed E-state index contributed by atoms with van der Waals surface area (Å²) in [5.74, 6) is 1.63. The highest BCUT2D eigenvalue weighted by molar-refractivity contribution is 6.32. The van der Waals surface area contributed by atoms with Crippen LogP contribution in [-0.2, 0) is 0 Å². The van der Waals surface area contributed by atoms with Gasteiger partial charge in [0.1, 0.15) is 12.0 Å². The van der Waals surface area contributed by atoms with Gasteiger partial charge in [0, 0.05) is 19.6 Å². The molecule has 20 heavy (non-hydrogen) atoms. The predicted molar refractivity (Wildman–Crippen MR) is 84.5 cm³/mol. The molecule has 5 nitrogen and oxygen atoms in total. The van der Waals surface area contributed by atoms with Crippen molar-refractivity contribution in [2.24, 2.45) is 5.92 Å². The van der Waals surface area contributed by atoms with Gasteiger partial charge < -0.3 is 15.5 Å². The van der Waals surface area contributed by atoms with Gasteiger partial charge in [0.05, 0.1) is 0 Å². The maximum Gasteiger partial charge on any atom is 0.157 e. The van der Waals surface area contributed by atoms with Crippen molar-refractivity contribution in [3.63, 3.8) is 0 Å². The van der Waals surface area contributed by atoms with Crippen molar-refractivity contribution >= 4 is 23.1 Å². The van der Waals surface area contributed by atoms with Gasteiger partial charge in [-0.05, 0) is 45.7 Å². The number of nitrogens with one attached hydrogen (secondary N) is 2. The zero-order valence-corrected chi connectivity index (χ0v) is 13.2. The molecule has 0 amide bonds. The van der Waals surface area contributed by atoms with E-state index in [9.17, 15) is 0 Å². The Labute approximate surface area is 126 Å². The Bertz CT molecular complexity index is 430. The molecule has 2 rings (SSSR count). The second-order valence-electron chi connectivity index (χ2n) is 5.76. The number of rotatable bonds is 5. The molecule has 0 bridgehead atoms. The standard InChI is InChI=1S/C14H24ClN5/c1-16-12-13(15)17-9-18-14(12)19-11-6-4-10(5-7-11)8-20(2)3/h9-11,16H,4-8H2,1-3H3,(H,17,18,19). The lowest BCUT2D eigenvalue weighted by atomic mass is 9.86. The third kappa shape index (κ3) is 3.96. The van der Waals surface area contributed by atoms with E-state index in [4.69, 9.17) is 11.6 Å². The summed E-state index contributed by atoms with van der Waals surface area (Å²) in [6, 6.07) is 0.478. The highest BCUT2D eigenvalue weighted by Crippen LogP contribution is 2.30. The second kappa shape index (κ2) is 7.09. The largest absolute Gasteiger partial charge is 0.383 e. The summed E-state index contributed by atoms with van der Waals surface area (Å²) in [5, 5.41) is 7.03. The molecule has 0 aromatic carbocycles. The van der Waals surface area contributed by atoms with Gasteiger partial charge in [-0.2, -0.15) is 0 Å². The molecular formula is C14H24ClN5. The van der Waals surface area contributed by atoms with Crippen LogP contribution in [0.3, 0.4) is 0 Å². The smallest absolute Gasteiger partial charge is 0.157 e. The summed E-state index contributed by atoms with van der Waals surface area (Å²) in [4.78, 5) is 10.6. The van der Waals surface area contributed by atoms with Gasteiger partial charge in [-0.15, -0.1) is 0 Å². The van der Waals surface area contributed by atoms with E-state index in [1.54, 1.807) is 0 Å². The van der Waals surface area contributed by atoms with E-state index >= 15 is 0 Å². The number of aromatic nitrogens is 2. The number of nitrogens with zero attached hydrogens (tertiary/aromatic N) is 3. The predicted octanol–water partition coefficient (Wildman–Crippen LogP) is 2.70. The van der Waals surface area contributed by atoms with E-state index in [-0.39, 0.29) is 0 Å². The average molecular weight is 298 g/mol. The minimum atomic E-state index is 0.464. The van der Waals surface area contributed by atoms with E-state index in [2.05, 4.69) is 39.6 Å². The second-order valence-corrected chi connectivity index (χ2v) is 6.12. The van der Waals surface area contributed by atoms with Crippen LogP contribution in [0.1, 0.15) is 25.7 Å². The van der Waals surface area contributed by atoms with E-state index in [0.717, 1.165) is 17.4 Å². The van der Waals surface area contributed by atoms with Crippen molar-refractivity contribution in [2.45, 2.75) is 31.7 Å². The Morgan fingerprint density at radius 3 is 2.55 bits per heavy atom. The van der Waals surface area contributed by atoms with Crippen LogP contribution in [0.15, 0.2) is 6.33 Å². The summed E-state index contributed by atoms with van der Waals surface area (Å²) in [6.45, 7) is 1.19. The number of anilines is 2. The maximum absolute atomic E-state index is 6.07. The molecule has 0 radical (unpaired) electrons. The van der Waals surface area contributed by atoms with Gasteiger partial charge in [-0.1, -0.05) is 11.6 Å². The first-order valence-electron chi connectivity index (χ1n) is 7.19. The Morgan fingerprint density at radius 2 is 1.95 bits per heavy atom. The molecule has 1 aromatic rings. The Hall–Kier alpha value is -1.07. The van der Waals surface area contributed by atoms with E-state index in [1.807, 2.05) is 7.05 Å². The van der Waals surface area contributed by atoms with Crippen LogP contribution in [0, 0.1) is 5.92 Å². The van der Waals surface area contributed by atoms with E-state index in [1.165, 1.54) is 38.6 Å². The molecule has 0 saturated heterocycles. The van der Waals surface area contributed by atoms with Crippen LogP contribution >= 0.6 is 11.6 Å². The number of hydrogen-bond acceptors (Lipinski definition) is 5. The lowest BCUT2D eigenvalue weighted by Gasteiger charge is -2.31. The fourth-order valence-electron chi connectivity index (χ4n) is 2.89. The lowest BCUT2D eigenvalue weighted by Crippen LogP contribution is -2.31. The fourth-order valence-corrected chi connectivity index (χ4v) is 3.12. The topological polar surface area (TPSA) is 53.1 Å². The summed E-state index contributed by atoms with van der Waals surface area (Å²) >= 11 is 6.07. The molecule has 1 fully saturated rings. The summed E-state index contributed by atoms with van der Waals surface area (Å²) in [7, 11) is 6.13.